The maximum absolute atomic E-state index is 13.1. The molecule has 0 radical (unpaired) electrons. The van der Waals surface area contributed by atoms with E-state index < -0.39 is 23.8 Å². The van der Waals surface area contributed by atoms with Gasteiger partial charge in [-0.15, -0.1) is 0 Å². The van der Waals surface area contributed by atoms with Gasteiger partial charge in [0.25, 0.3) is 11.8 Å². The minimum atomic E-state index is -0.816. The van der Waals surface area contributed by atoms with E-state index in [1.54, 1.807) is 24.3 Å². The van der Waals surface area contributed by atoms with Crippen molar-refractivity contribution in [1.82, 2.24) is 5.32 Å². The molecular weight excluding hydrogens is 428 g/mol. The van der Waals surface area contributed by atoms with Crippen LogP contribution in [0.25, 0.3) is 6.08 Å². The zero-order chi connectivity index (χ0) is 24.1. The lowest BCUT2D eigenvalue weighted by Crippen LogP contribution is -2.54. The molecule has 1 fully saturated rings. The maximum Gasteiger partial charge on any atom is 0.343 e. The molecule has 9 heteroatoms. The fraction of sp³-hybridized carbons (Fsp3) is 0.250. The average Bonchev–Trinajstić information content (AvgIpc) is 2.80. The van der Waals surface area contributed by atoms with Crippen molar-refractivity contribution in [3.8, 4) is 11.5 Å². The Morgan fingerprint density at radius 3 is 2.33 bits per heavy atom. The molecule has 0 unspecified atom stereocenters. The molecule has 33 heavy (non-hydrogen) atoms. The number of methoxy groups -OCH3 is 2. The quantitative estimate of drug-likeness (QED) is 0.390. The van der Waals surface area contributed by atoms with E-state index in [0.717, 1.165) is 10.5 Å². The molecule has 0 spiro atoms. The molecule has 2 aromatic rings. The summed E-state index contributed by atoms with van der Waals surface area (Å²) in [6.45, 7) is 3.77. The molecule has 4 amide bonds. The number of hydrogen-bond acceptors (Lipinski definition) is 7. The number of barbiturate groups is 1. The Kier molecular flexibility index (Phi) is 7.12. The predicted molar refractivity (Wildman–Crippen MR) is 120 cm³/mol. The molecule has 172 valence electrons. The van der Waals surface area contributed by atoms with Gasteiger partial charge in [0.05, 0.1) is 19.9 Å². The van der Waals surface area contributed by atoms with E-state index in [2.05, 4.69) is 10.1 Å². The van der Waals surface area contributed by atoms with Gasteiger partial charge in [-0.05, 0) is 47.4 Å². The number of rotatable bonds is 7. The van der Waals surface area contributed by atoms with E-state index in [1.165, 1.54) is 26.4 Å². The van der Waals surface area contributed by atoms with Gasteiger partial charge in [0.1, 0.15) is 5.57 Å². The van der Waals surface area contributed by atoms with Crippen molar-refractivity contribution in [3.05, 3.63) is 59.2 Å². The topological polar surface area (TPSA) is 111 Å². The number of carbonyl (C=O) groups is 4. The number of hydrogen-bond donors (Lipinski definition) is 1. The van der Waals surface area contributed by atoms with Gasteiger partial charge in [0.2, 0.25) is 0 Å². The number of ether oxygens (including phenoxy) is 3. The number of imide groups is 2. The number of nitrogens with one attached hydrogen (secondary N) is 1. The number of esters is 1. The fourth-order valence-corrected chi connectivity index (χ4v) is 3.16. The summed E-state index contributed by atoms with van der Waals surface area (Å²) in [5.74, 6) is -1.24. The van der Waals surface area contributed by atoms with E-state index in [4.69, 9.17) is 9.47 Å². The summed E-state index contributed by atoms with van der Waals surface area (Å²) in [6.07, 6.45) is 1.35. The molecule has 9 nitrogen and oxygen atoms in total. The van der Waals surface area contributed by atoms with Crippen molar-refractivity contribution in [3.63, 3.8) is 0 Å². The van der Waals surface area contributed by atoms with E-state index in [9.17, 15) is 19.2 Å². The van der Waals surface area contributed by atoms with Crippen LogP contribution in [0.1, 0.15) is 30.9 Å². The van der Waals surface area contributed by atoms with Gasteiger partial charge in [-0.3, -0.25) is 14.9 Å². The highest BCUT2D eigenvalue weighted by molar-refractivity contribution is 6.39. The van der Waals surface area contributed by atoms with Crippen LogP contribution in [-0.2, 0) is 19.1 Å². The van der Waals surface area contributed by atoms with Gasteiger partial charge < -0.3 is 14.2 Å². The van der Waals surface area contributed by atoms with Crippen LogP contribution in [0.15, 0.2) is 48.0 Å². The van der Waals surface area contributed by atoms with Gasteiger partial charge in [0.15, 0.2) is 18.1 Å². The van der Waals surface area contributed by atoms with Crippen LogP contribution >= 0.6 is 0 Å². The van der Waals surface area contributed by atoms with E-state index in [0.29, 0.717) is 11.3 Å². The van der Waals surface area contributed by atoms with Crippen molar-refractivity contribution >= 4 is 35.6 Å². The Morgan fingerprint density at radius 2 is 1.73 bits per heavy atom. The monoisotopic (exact) mass is 452 g/mol. The van der Waals surface area contributed by atoms with E-state index in [1.807, 2.05) is 26.0 Å². The van der Waals surface area contributed by atoms with Gasteiger partial charge >= 0.3 is 12.0 Å². The second-order valence-electron chi connectivity index (χ2n) is 7.48. The smallest absolute Gasteiger partial charge is 0.343 e. The third-order valence-corrected chi connectivity index (χ3v) is 4.99. The first-order valence-electron chi connectivity index (χ1n) is 10.1. The SMILES string of the molecule is COC(=O)COc1ccc(/C=C2/C(=O)NC(=O)N(c3ccc(C(C)C)cc3)C2=O)cc1OC. The number of benzene rings is 2. The first-order valence-corrected chi connectivity index (χ1v) is 10.1. The summed E-state index contributed by atoms with van der Waals surface area (Å²) in [5, 5.41) is 2.20. The minimum Gasteiger partial charge on any atom is -0.493 e. The van der Waals surface area contributed by atoms with Crippen molar-refractivity contribution in [1.29, 1.82) is 0 Å². The van der Waals surface area contributed by atoms with Crippen LogP contribution in [-0.4, -0.2) is 44.6 Å². The van der Waals surface area contributed by atoms with E-state index >= 15 is 0 Å². The highest BCUT2D eigenvalue weighted by atomic mass is 16.6. The fourth-order valence-electron chi connectivity index (χ4n) is 3.16. The highest BCUT2D eigenvalue weighted by Crippen LogP contribution is 2.30. The molecule has 0 atom stereocenters. The summed E-state index contributed by atoms with van der Waals surface area (Å²) in [5.41, 5.74) is 1.65. The lowest BCUT2D eigenvalue weighted by molar-refractivity contribution is -0.143. The third kappa shape index (κ3) is 5.20. The van der Waals surface area contributed by atoms with E-state index in [-0.39, 0.29) is 29.6 Å². The molecular formula is C24H24N2O7. The Morgan fingerprint density at radius 1 is 1.03 bits per heavy atom. The molecule has 1 aliphatic heterocycles. The summed E-state index contributed by atoms with van der Waals surface area (Å²) in [7, 11) is 2.66. The van der Waals surface area contributed by atoms with Crippen LogP contribution in [0.2, 0.25) is 0 Å². The Labute approximate surface area is 190 Å². The molecule has 3 rings (SSSR count). The summed E-state index contributed by atoms with van der Waals surface area (Å²) >= 11 is 0. The van der Waals surface area contributed by atoms with Crippen LogP contribution in [0.5, 0.6) is 11.5 Å². The molecule has 0 bridgehead atoms. The summed E-state index contributed by atoms with van der Waals surface area (Å²) in [6, 6.07) is 10.8. The van der Waals surface area contributed by atoms with Gasteiger partial charge in [0, 0.05) is 0 Å². The summed E-state index contributed by atoms with van der Waals surface area (Å²) < 4.78 is 15.2. The summed E-state index contributed by atoms with van der Waals surface area (Å²) in [4.78, 5) is 50.1. The zero-order valence-electron chi connectivity index (χ0n) is 18.7. The lowest BCUT2D eigenvalue weighted by Gasteiger charge is -2.26. The standard InChI is InChI=1S/C24H24N2O7/c1-14(2)16-6-8-17(9-7-16)26-23(29)18(22(28)25-24(26)30)11-15-5-10-19(20(12-15)31-3)33-13-21(27)32-4/h5-12,14H,13H2,1-4H3,(H,25,28,30)/b18-11-. The van der Waals surface area contributed by atoms with Crippen LogP contribution < -0.4 is 19.7 Å². The minimum absolute atomic E-state index is 0.215. The first-order chi connectivity index (χ1) is 15.7. The van der Waals surface area contributed by atoms with Crippen molar-refractivity contribution in [2.45, 2.75) is 19.8 Å². The van der Waals surface area contributed by atoms with Crippen molar-refractivity contribution in [2.24, 2.45) is 0 Å². The first kappa shape index (κ1) is 23.5. The maximum atomic E-state index is 13.1. The number of anilines is 1. The molecule has 1 aliphatic rings. The Balaban J connectivity index is 1.90. The molecule has 1 heterocycles. The Bertz CT molecular complexity index is 1120. The lowest BCUT2D eigenvalue weighted by atomic mass is 10.0. The normalized spacial score (nSPS) is 15.0. The zero-order valence-corrected chi connectivity index (χ0v) is 18.7. The van der Waals surface area contributed by atoms with Crippen molar-refractivity contribution < 1.29 is 33.4 Å². The van der Waals surface area contributed by atoms with Crippen LogP contribution in [0.3, 0.4) is 0 Å². The number of urea groups is 1. The number of amides is 4. The molecule has 0 aliphatic carbocycles. The van der Waals surface area contributed by atoms with Gasteiger partial charge in [-0.1, -0.05) is 32.0 Å². The van der Waals surface area contributed by atoms with Gasteiger partial charge in [-0.2, -0.15) is 0 Å². The molecule has 2 aromatic carbocycles. The van der Waals surface area contributed by atoms with Crippen LogP contribution in [0, 0.1) is 0 Å². The number of carbonyl (C=O) groups excluding carboxylic acids is 4. The number of nitrogens with zero attached hydrogens (tertiary/aromatic N) is 1. The largest absolute Gasteiger partial charge is 0.493 e. The molecule has 0 aromatic heterocycles. The second kappa shape index (κ2) is 9.99. The highest BCUT2D eigenvalue weighted by Gasteiger charge is 2.36. The molecule has 1 N–H and O–H groups in total. The third-order valence-electron chi connectivity index (χ3n) is 4.99. The Hall–Kier alpha value is -4.14. The average molecular weight is 452 g/mol. The van der Waals surface area contributed by atoms with Crippen molar-refractivity contribution in [2.75, 3.05) is 25.7 Å². The predicted octanol–water partition coefficient (Wildman–Crippen LogP) is 3.04. The van der Waals surface area contributed by atoms with Crippen LogP contribution in [0.4, 0.5) is 10.5 Å². The van der Waals surface area contributed by atoms with Gasteiger partial charge in [-0.25, -0.2) is 14.5 Å². The molecule has 0 saturated carbocycles. The molecule has 1 saturated heterocycles. The second-order valence-corrected chi connectivity index (χ2v) is 7.48.